The van der Waals surface area contributed by atoms with E-state index < -0.39 is 24.0 Å². The number of aromatic nitrogens is 1. The molecule has 2 unspecified atom stereocenters. The summed E-state index contributed by atoms with van der Waals surface area (Å²) in [5, 5.41) is 20.0. The zero-order valence-electron chi connectivity index (χ0n) is 9.52. The van der Waals surface area contributed by atoms with Gasteiger partial charge in [-0.1, -0.05) is 34.8 Å². The normalized spacial score (nSPS) is 13.7. The van der Waals surface area contributed by atoms with Crippen molar-refractivity contribution in [3.63, 3.8) is 0 Å². The smallest absolute Gasteiger partial charge is 0.328 e. The molecule has 104 valence electrons. The first kappa shape index (κ1) is 16.0. The summed E-state index contributed by atoms with van der Waals surface area (Å²) in [6.45, 7) is 1.23. The van der Waals surface area contributed by atoms with Gasteiger partial charge in [0.25, 0.3) is 5.91 Å². The number of carboxylic acid groups (broad SMARTS) is 1. The van der Waals surface area contributed by atoms with Crippen LogP contribution in [0.5, 0.6) is 0 Å². The molecule has 19 heavy (non-hydrogen) atoms. The molecular formula is C10H9Cl3N2O4. The van der Waals surface area contributed by atoms with Gasteiger partial charge in [0, 0.05) is 6.20 Å². The van der Waals surface area contributed by atoms with E-state index in [1.165, 1.54) is 6.92 Å². The van der Waals surface area contributed by atoms with Gasteiger partial charge in [-0.05, 0) is 6.92 Å². The Kier molecular flexibility index (Phi) is 5.37. The van der Waals surface area contributed by atoms with E-state index in [1.807, 2.05) is 0 Å². The van der Waals surface area contributed by atoms with E-state index in [2.05, 4.69) is 10.3 Å². The Labute approximate surface area is 123 Å². The summed E-state index contributed by atoms with van der Waals surface area (Å²) in [6, 6.07) is -1.49. The number of aliphatic hydroxyl groups excluding tert-OH is 1. The first-order chi connectivity index (χ1) is 8.75. The summed E-state index contributed by atoms with van der Waals surface area (Å²) in [6.07, 6.45) is -0.175. The number of hydrogen-bond acceptors (Lipinski definition) is 4. The zero-order valence-corrected chi connectivity index (χ0v) is 11.8. The quantitative estimate of drug-likeness (QED) is 0.780. The van der Waals surface area contributed by atoms with Gasteiger partial charge in [0.2, 0.25) is 0 Å². The molecular weight excluding hydrogens is 318 g/mol. The standard InChI is InChI=1S/C10H9Cl3N2O4/c1-3(16)7(10(18)19)15-9(17)8-6(13)5(12)4(11)2-14-8/h2-3,7,16H,1H3,(H,15,17)(H,18,19). The van der Waals surface area contributed by atoms with Crippen LogP contribution in [0, 0.1) is 0 Å². The lowest BCUT2D eigenvalue weighted by Gasteiger charge is -2.17. The van der Waals surface area contributed by atoms with Crippen LogP contribution in [0.15, 0.2) is 6.20 Å². The van der Waals surface area contributed by atoms with Gasteiger partial charge >= 0.3 is 5.97 Å². The number of aliphatic hydroxyl groups is 1. The van der Waals surface area contributed by atoms with Crippen molar-refractivity contribution in [1.82, 2.24) is 10.3 Å². The Bertz CT molecular complexity index is 522. The topological polar surface area (TPSA) is 99.5 Å². The molecule has 0 aliphatic rings. The number of carbonyl (C=O) groups excluding carboxylic acids is 1. The van der Waals surface area contributed by atoms with Gasteiger partial charge in [-0.2, -0.15) is 0 Å². The lowest BCUT2D eigenvalue weighted by atomic mass is 10.2. The third kappa shape index (κ3) is 3.70. The Balaban J connectivity index is 3.02. The van der Waals surface area contributed by atoms with Crippen molar-refractivity contribution in [2.75, 3.05) is 0 Å². The van der Waals surface area contributed by atoms with E-state index in [-0.39, 0.29) is 20.8 Å². The van der Waals surface area contributed by atoms with Crippen LogP contribution in [0.2, 0.25) is 15.1 Å². The number of carbonyl (C=O) groups is 2. The summed E-state index contributed by atoms with van der Waals surface area (Å²) in [5.74, 6) is -2.27. The van der Waals surface area contributed by atoms with Crippen molar-refractivity contribution in [3.05, 3.63) is 27.0 Å². The van der Waals surface area contributed by atoms with Gasteiger partial charge in [0.05, 0.1) is 21.2 Å². The van der Waals surface area contributed by atoms with Crippen molar-refractivity contribution in [3.8, 4) is 0 Å². The maximum absolute atomic E-state index is 11.8. The second-order valence-electron chi connectivity index (χ2n) is 3.61. The molecule has 2 atom stereocenters. The second kappa shape index (κ2) is 6.38. The van der Waals surface area contributed by atoms with Gasteiger partial charge in [0.1, 0.15) is 5.69 Å². The maximum Gasteiger partial charge on any atom is 0.328 e. The molecule has 0 bridgehead atoms. The van der Waals surface area contributed by atoms with Gasteiger partial charge in [-0.25, -0.2) is 9.78 Å². The van der Waals surface area contributed by atoms with Crippen LogP contribution in [0.1, 0.15) is 17.4 Å². The minimum absolute atomic E-state index is 0.0626. The number of aliphatic carboxylic acids is 1. The van der Waals surface area contributed by atoms with Crippen molar-refractivity contribution in [1.29, 1.82) is 0 Å². The van der Waals surface area contributed by atoms with Crippen LogP contribution in [0.25, 0.3) is 0 Å². The summed E-state index contributed by atoms with van der Waals surface area (Å²) < 4.78 is 0. The van der Waals surface area contributed by atoms with Crippen LogP contribution in [-0.2, 0) is 4.79 Å². The van der Waals surface area contributed by atoms with Crippen LogP contribution in [0.3, 0.4) is 0 Å². The highest BCUT2D eigenvalue weighted by atomic mass is 35.5. The van der Waals surface area contributed by atoms with Gasteiger partial charge in [-0.15, -0.1) is 0 Å². The lowest BCUT2D eigenvalue weighted by Crippen LogP contribution is -2.47. The van der Waals surface area contributed by atoms with Crippen LogP contribution in [0.4, 0.5) is 0 Å². The second-order valence-corrected chi connectivity index (χ2v) is 4.78. The van der Waals surface area contributed by atoms with Crippen LogP contribution < -0.4 is 5.32 Å². The van der Waals surface area contributed by atoms with Crippen molar-refractivity contribution in [2.24, 2.45) is 0 Å². The number of halogens is 3. The van der Waals surface area contributed by atoms with Gasteiger partial charge in [-0.3, -0.25) is 4.79 Å². The number of rotatable bonds is 4. The largest absolute Gasteiger partial charge is 0.480 e. The molecule has 3 N–H and O–H groups in total. The van der Waals surface area contributed by atoms with E-state index in [4.69, 9.17) is 39.9 Å². The van der Waals surface area contributed by atoms with E-state index in [1.54, 1.807) is 0 Å². The van der Waals surface area contributed by atoms with Crippen molar-refractivity contribution < 1.29 is 19.8 Å². The molecule has 1 heterocycles. The molecule has 0 fully saturated rings. The fourth-order valence-electron chi connectivity index (χ4n) is 1.20. The fraction of sp³-hybridized carbons (Fsp3) is 0.300. The lowest BCUT2D eigenvalue weighted by molar-refractivity contribution is -0.141. The molecule has 6 nitrogen and oxygen atoms in total. The van der Waals surface area contributed by atoms with E-state index in [0.29, 0.717) is 0 Å². The number of hydrogen-bond donors (Lipinski definition) is 3. The number of carboxylic acids is 1. The predicted molar refractivity (Wildman–Crippen MR) is 69.8 cm³/mol. The Hall–Kier alpha value is -1.08. The van der Waals surface area contributed by atoms with Crippen LogP contribution >= 0.6 is 34.8 Å². The average molecular weight is 328 g/mol. The van der Waals surface area contributed by atoms with E-state index >= 15 is 0 Å². The van der Waals surface area contributed by atoms with Gasteiger partial charge in [0.15, 0.2) is 6.04 Å². The SMILES string of the molecule is CC(O)C(NC(=O)c1ncc(Cl)c(Cl)c1Cl)C(=O)O. The Morgan fingerprint density at radius 3 is 2.37 bits per heavy atom. The molecule has 0 aliphatic heterocycles. The third-order valence-electron chi connectivity index (χ3n) is 2.17. The van der Waals surface area contributed by atoms with E-state index in [0.717, 1.165) is 6.20 Å². The summed E-state index contributed by atoms with van der Waals surface area (Å²) in [7, 11) is 0. The zero-order chi connectivity index (χ0) is 14.7. The van der Waals surface area contributed by atoms with Crippen molar-refractivity contribution >= 4 is 46.7 Å². The molecule has 1 amide bonds. The third-order valence-corrected chi connectivity index (χ3v) is 3.41. The van der Waals surface area contributed by atoms with Crippen LogP contribution in [-0.4, -0.2) is 39.2 Å². The molecule has 1 rings (SSSR count). The number of nitrogens with one attached hydrogen (secondary N) is 1. The Morgan fingerprint density at radius 2 is 1.89 bits per heavy atom. The fourth-order valence-corrected chi connectivity index (χ4v) is 1.77. The first-order valence-electron chi connectivity index (χ1n) is 4.97. The van der Waals surface area contributed by atoms with Crippen molar-refractivity contribution in [2.45, 2.75) is 19.1 Å². The molecule has 1 aromatic heterocycles. The summed E-state index contributed by atoms with van der Waals surface area (Å²) in [5.41, 5.74) is -0.275. The molecule has 0 saturated heterocycles. The highest BCUT2D eigenvalue weighted by Gasteiger charge is 2.27. The molecule has 1 aromatic rings. The molecule has 0 spiro atoms. The summed E-state index contributed by atoms with van der Waals surface area (Å²) in [4.78, 5) is 26.3. The average Bonchev–Trinajstić information content (AvgIpc) is 2.32. The molecule has 0 saturated carbocycles. The highest BCUT2D eigenvalue weighted by molar-refractivity contribution is 6.48. The molecule has 0 aliphatic carbocycles. The highest BCUT2D eigenvalue weighted by Crippen LogP contribution is 2.30. The molecule has 0 aromatic carbocycles. The molecule has 0 radical (unpaired) electrons. The number of nitrogens with zero attached hydrogens (tertiary/aromatic N) is 1. The minimum Gasteiger partial charge on any atom is -0.480 e. The summed E-state index contributed by atoms with van der Waals surface area (Å²) >= 11 is 17.2. The van der Waals surface area contributed by atoms with Gasteiger partial charge < -0.3 is 15.5 Å². The monoisotopic (exact) mass is 326 g/mol. The minimum atomic E-state index is -1.49. The number of pyridine rings is 1. The number of amides is 1. The molecule has 9 heteroatoms. The van der Waals surface area contributed by atoms with E-state index in [9.17, 15) is 14.7 Å². The maximum atomic E-state index is 11.8. The first-order valence-corrected chi connectivity index (χ1v) is 6.10. The predicted octanol–water partition coefficient (Wildman–Crippen LogP) is 1.61. The Morgan fingerprint density at radius 1 is 1.32 bits per heavy atom.